The van der Waals surface area contributed by atoms with Crippen LogP contribution in [0.4, 0.5) is 0 Å². The van der Waals surface area contributed by atoms with Gasteiger partial charge in [-0.2, -0.15) is 0 Å². The van der Waals surface area contributed by atoms with Gasteiger partial charge in [-0.05, 0) is 60.6 Å². The molecule has 2 nitrogen and oxygen atoms in total. The van der Waals surface area contributed by atoms with Crippen LogP contribution in [0.5, 0.6) is 5.75 Å². The Balaban J connectivity index is 1.67. The van der Waals surface area contributed by atoms with Crippen LogP contribution in [0.25, 0.3) is 0 Å². The van der Waals surface area contributed by atoms with E-state index in [1.165, 1.54) is 11.1 Å². The number of hydrogen-bond donors (Lipinski definition) is 0. The van der Waals surface area contributed by atoms with Crippen LogP contribution >= 0.6 is 0 Å². The second-order valence-corrected chi connectivity index (χ2v) is 7.07. The molecule has 0 saturated heterocycles. The molecular formula is C23H28O2. The summed E-state index contributed by atoms with van der Waals surface area (Å²) in [5, 5.41) is 0. The van der Waals surface area contributed by atoms with E-state index in [2.05, 4.69) is 44.2 Å². The van der Waals surface area contributed by atoms with Crippen LogP contribution in [-0.2, 0) is 19.4 Å². The van der Waals surface area contributed by atoms with Gasteiger partial charge < -0.3 is 4.74 Å². The molecule has 2 aromatic carbocycles. The van der Waals surface area contributed by atoms with E-state index in [4.69, 9.17) is 4.74 Å². The van der Waals surface area contributed by atoms with Crippen molar-refractivity contribution >= 4 is 5.78 Å². The fourth-order valence-corrected chi connectivity index (χ4v) is 3.74. The van der Waals surface area contributed by atoms with Crippen molar-refractivity contribution < 1.29 is 9.53 Å². The Morgan fingerprint density at radius 2 is 1.88 bits per heavy atom. The quantitative estimate of drug-likeness (QED) is 0.642. The zero-order valence-corrected chi connectivity index (χ0v) is 15.4. The second-order valence-electron chi connectivity index (χ2n) is 7.07. The van der Waals surface area contributed by atoms with Crippen molar-refractivity contribution in [2.24, 2.45) is 5.92 Å². The number of carbonyl (C=O) groups is 1. The van der Waals surface area contributed by atoms with Crippen LogP contribution in [0.1, 0.15) is 66.6 Å². The van der Waals surface area contributed by atoms with E-state index in [9.17, 15) is 4.79 Å². The second kappa shape index (κ2) is 8.33. The Bertz CT molecular complexity index is 733. The molecule has 0 aliphatic heterocycles. The Kier molecular flexibility index (Phi) is 5.91. The van der Waals surface area contributed by atoms with Gasteiger partial charge in [0.1, 0.15) is 12.4 Å². The topological polar surface area (TPSA) is 26.3 Å². The minimum atomic E-state index is 0.213. The molecule has 25 heavy (non-hydrogen) atoms. The largest absolute Gasteiger partial charge is 0.489 e. The number of rotatable bonds is 7. The van der Waals surface area contributed by atoms with Gasteiger partial charge in [-0.15, -0.1) is 0 Å². The summed E-state index contributed by atoms with van der Waals surface area (Å²) in [6.45, 7) is 4.92. The fourth-order valence-electron chi connectivity index (χ4n) is 3.74. The lowest BCUT2D eigenvalue weighted by Gasteiger charge is -2.23. The first-order valence-corrected chi connectivity index (χ1v) is 9.59. The van der Waals surface area contributed by atoms with Gasteiger partial charge in [-0.3, -0.25) is 4.79 Å². The monoisotopic (exact) mass is 336 g/mol. The zero-order chi connectivity index (χ0) is 17.6. The van der Waals surface area contributed by atoms with Gasteiger partial charge in [0.25, 0.3) is 0 Å². The minimum absolute atomic E-state index is 0.213. The molecule has 0 amide bonds. The molecule has 0 N–H and O–H groups in total. The first kappa shape index (κ1) is 17.7. The zero-order valence-electron chi connectivity index (χ0n) is 15.4. The van der Waals surface area contributed by atoms with Crippen LogP contribution in [-0.4, -0.2) is 5.78 Å². The van der Waals surface area contributed by atoms with E-state index in [1.54, 1.807) is 0 Å². The van der Waals surface area contributed by atoms with Crippen LogP contribution in [0.2, 0.25) is 0 Å². The number of benzene rings is 2. The van der Waals surface area contributed by atoms with Crippen LogP contribution < -0.4 is 4.74 Å². The van der Waals surface area contributed by atoms with Crippen molar-refractivity contribution in [2.45, 2.75) is 59.0 Å². The van der Waals surface area contributed by atoms with Crippen LogP contribution in [0, 0.1) is 5.92 Å². The number of hydrogen-bond acceptors (Lipinski definition) is 2. The molecule has 2 heteroatoms. The Morgan fingerprint density at radius 3 is 2.68 bits per heavy atom. The normalized spacial score (nSPS) is 16.6. The molecular weight excluding hydrogens is 308 g/mol. The number of carbonyl (C=O) groups excluding carboxylic acids is 1. The highest BCUT2D eigenvalue weighted by Crippen LogP contribution is 2.31. The summed E-state index contributed by atoms with van der Waals surface area (Å²) in [5.41, 5.74) is 4.61. The maximum atomic E-state index is 12.6. The number of fused-ring (bicyclic) bond motifs is 1. The first-order chi connectivity index (χ1) is 12.2. The van der Waals surface area contributed by atoms with Crippen molar-refractivity contribution in [1.29, 1.82) is 0 Å². The third-order valence-corrected chi connectivity index (χ3v) is 5.05. The van der Waals surface area contributed by atoms with Crippen molar-refractivity contribution in [1.82, 2.24) is 0 Å². The highest BCUT2D eigenvalue weighted by molar-refractivity contribution is 6.00. The number of ether oxygens (including phenoxy) is 1. The van der Waals surface area contributed by atoms with Gasteiger partial charge >= 0.3 is 0 Å². The van der Waals surface area contributed by atoms with Gasteiger partial charge in [-0.25, -0.2) is 0 Å². The van der Waals surface area contributed by atoms with Crippen molar-refractivity contribution in [3.05, 3.63) is 64.7 Å². The molecule has 0 aromatic heterocycles. The van der Waals surface area contributed by atoms with E-state index < -0.39 is 0 Å². The minimum Gasteiger partial charge on any atom is -0.489 e. The SMILES string of the molecule is CCCc1cccc(COc2ccc3c(c2)CCC(CCC)C3=O)c1. The lowest BCUT2D eigenvalue weighted by Crippen LogP contribution is -2.22. The molecule has 0 spiro atoms. The van der Waals surface area contributed by atoms with Gasteiger partial charge in [0.2, 0.25) is 0 Å². The number of Topliss-reactive ketones (excluding diaryl/α,β-unsaturated/α-hetero) is 1. The molecule has 132 valence electrons. The van der Waals surface area contributed by atoms with E-state index in [-0.39, 0.29) is 5.92 Å². The summed E-state index contributed by atoms with van der Waals surface area (Å²) in [7, 11) is 0. The van der Waals surface area contributed by atoms with Crippen molar-refractivity contribution in [3.8, 4) is 5.75 Å². The molecule has 1 unspecified atom stereocenters. The Hall–Kier alpha value is -2.09. The predicted molar refractivity (Wildman–Crippen MR) is 102 cm³/mol. The molecule has 3 rings (SSSR count). The maximum Gasteiger partial charge on any atom is 0.166 e. The summed E-state index contributed by atoms with van der Waals surface area (Å²) in [5.74, 6) is 1.40. The first-order valence-electron chi connectivity index (χ1n) is 9.59. The van der Waals surface area contributed by atoms with E-state index in [1.807, 2.05) is 12.1 Å². The van der Waals surface area contributed by atoms with Gasteiger partial charge in [-0.1, -0.05) is 51.0 Å². The molecule has 0 bridgehead atoms. The molecule has 0 saturated carbocycles. The summed E-state index contributed by atoms with van der Waals surface area (Å²) in [6.07, 6.45) is 6.29. The summed E-state index contributed by atoms with van der Waals surface area (Å²) in [4.78, 5) is 12.6. The van der Waals surface area contributed by atoms with E-state index in [0.717, 1.165) is 55.4 Å². The molecule has 1 aliphatic carbocycles. The summed E-state index contributed by atoms with van der Waals surface area (Å²) >= 11 is 0. The van der Waals surface area contributed by atoms with Crippen LogP contribution in [0.15, 0.2) is 42.5 Å². The number of ketones is 1. The van der Waals surface area contributed by atoms with Crippen LogP contribution in [0.3, 0.4) is 0 Å². The highest BCUT2D eigenvalue weighted by atomic mass is 16.5. The standard InChI is InChI=1S/C23H28O2/c1-3-6-17-8-5-9-18(14-17)16-25-21-12-13-22-20(15-21)11-10-19(7-4-2)23(22)24/h5,8-9,12-15,19H,3-4,6-7,10-11,16H2,1-2H3. The summed E-state index contributed by atoms with van der Waals surface area (Å²) in [6, 6.07) is 14.6. The van der Waals surface area contributed by atoms with Crippen molar-refractivity contribution in [3.63, 3.8) is 0 Å². The van der Waals surface area contributed by atoms with E-state index in [0.29, 0.717) is 12.4 Å². The molecule has 1 aliphatic rings. The molecule has 1 atom stereocenters. The third kappa shape index (κ3) is 4.31. The molecule has 2 aromatic rings. The smallest absolute Gasteiger partial charge is 0.166 e. The molecule has 0 radical (unpaired) electrons. The number of aryl methyl sites for hydroxylation is 2. The summed E-state index contributed by atoms with van der Waals surface area (Å²) < 4.78 is 5.99. The Morgan fingerprint density at radius 1 is 1.04 bits per heavy atom. The average Bonchev–Trinajstić information content (AvgIpc) is 2.63. The highest BCUT2D eigenvalue weighted by Gasteiger charge is 2.26. The fraction of sp³-hybridized carbons (Fsp3) is 0.435. The average molecular weight is 336 g/mol. The Labute approximate surface area is 151 Å². The van der Waals surface area contributed by atoms with Gasteiger partial charge in [0.05, 0.1) is 0 Å². The lowest BCUT2D eigenvalue weighted by molar-refractivity contribution is 0.0894. The van der Waals surface area contributed by atoms with E-state index >= 15 is 0 Å². The third-order valence-electron chi connectivity index (χ3n) is 5.05. The molecule has 0 heterocycles. The van der Waals surface area contributed by atoms with Gasteiger partial charge in [0, 0.05) is 11.5 Å². The lowest BCUT2D eigenvalue weighted by atomic mass is 9.80. The van der Waals surface area contributed by atoms with Crippen molar-refractivity contribution in [2.75, 3.05) is 0 Å². The maximum absolute atomic E-state index is 12.6. The molecule has 0 fully saturated rings. The van der Waals surface area contributed by atoms with Gasteiger partial charge in [0.15, 0.2) is 5.78 Å². The predicted octanol–water partition coefficient (Wildman–Crippen LogP) is 5.76.